The number of aromatic nitrogens is 1. The second-order valence-electron chi connectivity index (χ2n) is 13.5. The molecule has 0 saturated carbocycles. The summed E-state index contributed by atoms with van der Waals surface area (Å²) in [6, 6.07) is 9.84. The van der Waals surface area contributed by atoms with Crippen LogP contribution in [0, 0.1) is 11.3 Å². The predicted octanol–water partition coefficient (Wildman–Crippen LogP) is 7.15. The Morgan fingerprint density at radius 2 is 1.61 bits per heavy atom. The first-order chi connectivity index (χ1) is 19.2. The molecule has 1 aromatic carbocycles. The third-order valence-electron chi connectivity index (χ3n) is 7.98. The van der Waals surface area contributed by atoms with Crippen LogP contribution >= 0.6 is 23.2 Å². The van der Waals surface area contributed by atoms with Gasteiger partial charge < -0.3 is 14.5 Å². The molecule has 2 saturated heterocycles. The van der Waals surface area contributed by atoms with Gasteiger partial charge in [-0.15, -0.1) is 0 Å². The average Bonchev–Trinajstić information content (AvgIpc) is 2.89. The number of nitrogens with zero attached hydrogens (tertiary/aromatic N) is 4. The van der Waals surface area contributed by atoms with E-state index in [1.165, 1.54) is 0 Å². The molecule has 0 spiro atoms. The van der Waals surface area contributed by atoms with Gasteiger partial charge in [-0.2, -0.15) is 0 Å². The summed E-state index contributed by atoms with van der Waals surface area (Å²) < 4.78 is 5.52. The zero-order chi connectivity index (χ0) is 29.9. The van der Waals surface area contributed by atoms with E-state index in [0.29, 0.717) is 36.1 Å². The smallest absolute Gasteiger partial charge is 0.410 e. The molecule has 41 heavy (non-hydrogen) atoms. The summed E-state index contributed by atoms with van der Waals surface area (Å²) in [4.78, 5) is 37.0. The molecule has 2 aromatic rings. The van der Waals surface area contributed by atoms with Crippen LogP contribution in [0.3, 0.4) is 0 Å². The largest absolute Gasteiger partial charge is 0.444 e. The number of amides is 2. The van der Waals surface area contributed by atoms with Crippen molar-refractivity contribution in [2.24, 2.45) is 11.3 Å². The first kappa shape index (κ1) is 31.6. The van der Waals surface area contributed by atoms with Crippen molar-refractivity contribution in [3.05, 3.63) is 52.3 Å². The van der Waals surface area contributed by atoms with Crippen LogP contribution in [0.25, 0.3) is 11.1 Å². The van der Waals surface area contributed by atoms with Gasteiger partial charge in [-0.1, -0.05) is 56.1 Å². The Hall–Kier alpha value is -2.35. The molecule has 0 unspecified atom stereocenters. The number of rotatable bonds is 5. The summed E-state index contributed by atoms with van der Waals surface area (Å²) >= 11 is 12.3. The third-order valence-corrected chi connectivity index (χ3v) is 8.72. The SMILES string of the molecule is CC(C)(C)OC(=O)N1CCC(CC(=O)N2CCN(Cc3ccc(-c4ccc(Cl)c(Cl)c4)cn3)C[C@@H]2C(C)(C)C)CC1. The molecule has 4 rings (SSSR count). The van der Waals surface area contributed by atoms with Crippen molar-refractivity contribution < 1.29 is 14.3 Å². The van der Waals surface area contributed by atoms with E-state index in [2.05, 4.69) is 42.7 Å². The highest BCUT2D eigenvalue weighted by Crippen LogP contribution is 2.32. The molecule has 1 aromatic heterocycles. The summed E-state index contributed by atoms with van der Waals surface area (Å²) in [5, 5.41) is 1.06. The molecular formula is C32H44Cl2N4O3. The van der Waals surface area contributed by atoms with E-state index in [9.17, 15) is 9.59 Å². The van der Waals surface area contributed by atoms with Gasteiger partial charge in [0.2, 0.25) is 5.91 Å². The quantitative estimate of drug-likeness (QED) is 0.363. The Kier molecular flexibility index (Phi) is 9.93. The Balaban J connectivity index is 1.32. The third kappa shape index (κ3) is 8.59. The molecule has 2 aliphatic rings. The molecule has 2 amide bonds. The van der Waals surface area contributed by atoms with Gasteiger partial charge in [0.1, 0.15) is 5.60 Å². The minimum Gasteiger partial charge on any atom is -0.444 e. The van der Waals surface area contributed by atoms with Gasteiger partial charge in [0.05, 0.1) is 15.7 Å². The van der Waals surface area contributed by atoms with Crippen LogP contribution in [-0.2, 0) is 16.1 Å². The van der Waals surface area contributed by atoms with Gasteiger partial charge in [-0.25, -0.2) is 4.79 Å². The van der Waals surface area contributed by atoms with Crippen molar-refractivity contribution in [2.45, 2.75) is 79.0 Å². The van der Waals surface area contributed by atoms with E-state index in [0.717, 1.165) is 49.3 Å². The van der Waals surface area contributed by atoms with Crippen LogP contribution < -0.4 is 0 Å². The lowest BCUT2D eigenvalue weighted by molar-refractivity contribution is -0.141. The molecular weight excluding hydrogens is 559 g/mol. The van der Waals surface area contributed by atoms with E-state index in [-0.39, 0.29) is 29.4 Å². The molecule has 0 bridgehead atoms. The Morgan fingerprint density at radius 1 is 0.927 bits per heavy atom. The second-order valence-corrected chi connectivity index (χ2v) is 14.3. The van der Waals surface area contributed by atoms with E-state index in [4.69, 9.17) is 32.9 Å². The molecule has 2 fully saturated rings. The van der Waals surface area contributed by atoms with Crippen molar-refractivity contribution in [1.29, 1.82) is 0 Å². The zero-order valence-corrected chi connectivity index (χ0v) is 26.8. The summed E-state index contributed by atoms with van der Waals surface area (Å²) in [6.07, 6.45) is 3.81. The normalized spacial score (nSPS) is 19.4. The number of carbonyl (C=O) groups excluding carboxylic acids is 2. The van der Waals surface area contributed by atoms with Crippen LogP contribution in [-0.4, -0.2) is 76.1 Å². The summed E-state index contributed by atoms with van der Waals surface area (Å²) in [5.74, 6) is 0.516. The van der Waals surface area contributed by atoms with Crippen molar-refractivity contribution in [2.75, 3.05) is 32.7 Å². The van der Waals surface area contributed by atoms with Crippen molar-refractivity contribution >= 4 is 35.2 Å². The molecule has 0 aliphatic carbocycles. The van der Waals surface area contributed by atoms with Gasteiger partial charge in [0.15, 0.2) is 0 Å². The number of piperidine rings is 1. The number of ether oxygens (including phenoxy) is 1. The number of likely N-dealkylation sites (tertiary alicyclic amines) is 1. The Bertz CT molecular complexity index is 1210. The number of pyridine rings is 1. The first-order valence-electron chi connectivity index (χ1n) is 14.6. The van der Waals surface area contributed by atoms with Gasteiger partial charge in [-0.05, 0) is 68.7 Å². The lowest BCUT2D eigenvalue weighted by atomic mass is 9.83. The van der Waals surface area contributed by atoms with Crippen LogP contribution in [0.2, 0.25) is 10.0 Å². The number of carbonyl (C=O) groups is 2. The topological polar surface area (TPSA) is 66.0 Å². The monoisotopic (exact) mass is 602 g/mol. The number of piperazine rings is 1. The molecule has 3 heterocycles. The molecule has 224 valence electrons. The van der Waals surface area contributed by atoms with Gasteiger partial charge >= 0.3 is 6.09 Å². The maximum absolute atomic E-state index is 13.6. The molecule has 9 heteroatoms. The van der Waals surface area contributed by atoms with Crippen molar-refractivity contribution in [3.63, 3.8) is 0 Å². The standard InChI is InChI=1S/C32H44Cl2N4O3/c1-31(2,3)28-21-36(20-25-9-7-24(19-35-25)23-8-10-26(33)27(34)18-23)15-16-38(28)29(39)17-22-11-13-37(14-12-22)30(40)41-32(4,5)6/h7-10,18-19,22,28H,11-17,20-21H2,1-6H3/t28-/m1/s1. The number of hydrogen-bond acceptors (Lipinski definition) is 5. The molecule has 0 radical (unpaired) electrons. The predicted molar refractivity (Wildman–Crippen MR) is 165 cm³/mol. The fourth-order valence-corrected chi connectivity index (χ4v) is 5.92. The van der Waals surface area contributed by atoms with Gasteiger partial charge in [0.25, 0.3) is 0 Å². The average molecular weight is 604 g/mol. The Labute approximate surface area is 255 Å². The van der Waals surface area contributed by atoms with E-state index >= 15 is 0 Å². The zero-order valence-electron chi connectivity index (χ0n) is 25.3. The maximum atomic E-state index is 13.6. The fraction of sp³-hybridized carbons (Fsp3) is 0.594. The van der Waals surface area contributed by atoms with E-state index in [1.54, 1.807) is 11.0 Å². The molecule has 2 aliphatic heterocycles. The molecule has 0 N–H and O–H groups in total. The number of benzene rings is 1. The van der Waals surface area contributed by atoms with Gasteiger partial charge in [0, 0.05) is 63.5 Å². The maximum Gasteiger partial charge on any atom is 0.410 e. The fourth-order valence-electron chi connectivity index (χ4n) is 5.63. The lowest BCUT2D eigenvalue weighted by Gasteiger charge is -2.47. The van der Waals surface area contributed by atoms with Crippen molar-refractivity contribution in [3.8, 4) is 11.1 Å². The Morgan fingerprint density at radius 3 is 2.20 bits per heavy atom. The van der Waals surface area contributed by atoms with Crippen molar-refractivity contribution in [1.82, 2.24) is 19.7 Å². The number of halogens is 2. The number of hydrogen-bond donors (Lipinski definition) is 0. The minimum atomic E-state index is -0.500. The van der Waals surface area contributed by atoms with Crippen LogP contribution in [0.4, 0.5) is 4.79 Å². The first-order valence-corrected chi connectivity index (χ1v) is 15.4. The highest BCUT2D eigenvalue weighted by Gasteiger charge is 2.39. The highest BCUT2D eigenvalue weighted by molar-refractivity contribution is 6.42. The second kappa shape index (κ2) is 12.9. The lowest BCUT2D eigenvalue weighted by Crippen LogP contribution is -2.59. The minimum absolute atomic E-state index is 0.0560. The summed E-state index contributed by atoms with van der Waals surface area (Å²) in [6.45, 7) is 16.6. The van der Waals surface area contributed by atoms with E-state index in [1.807, 2.05) is 39.1 Å². The van der Waals surface area contributed by atoms with Gasteiger partial charge in [-0.3, -0.25) is 14.7 Å². The summed E-state index contributed by atoms with van der Waals surface area (Å²) in [7, 11) is 0. The molecule has 1 atom stereocenters. The van der Waals surface area contributed by atoms with E-state index < -0.39 is 5.60 Å². The van der Waals surface area contributed by atoms with Crippen LogP contribution in [0.1, 0.15) is 66.5 Å². The summed E-state index contributed by atoms with van der Waals surface area (Å²) in [5.41, 5.74) is 2.42. The van der Waals surface area contributed by atoms with Crippen LogP contribution in [0.15, 0.2) is 36.5 Å². The van der Waals surface area contributed by atoms with Crippen LogP contribution in [0.5, 0.6) is 0 Å². The molecule has 7 nitrogen and oxygen atoms in total. The highest BCUT2D eigenvalue weighted by atomic mass is 35.5.